The standard InChI is InChI=1S/C24H23FN2O4/c1-16-8-9-18(14-21(16)27-23(28)17-6-4-3-5-7-17)24(29)26-19-10-11-22(20(25)15-19)31-13-12-30-2/h3-11,14-15H,12-13H2,1-2H3,(H,26,29)(H,27,28). The number of hydrogen-bond acceptors (Lipinski definition) is 4. The molecule has 31 heavy (non-hydrogen) atoms. The summed E-state index contributed by atoms with van der Waals surface area (Å²) in [5, 5.41) is 5.47. The number of halogens is 1. The van der Waals surface area contributed by atoms with Gasteiger partial charge in [-0.3, -0.25) is 9.59 Å². The second-order valence-corrected chi connectivity index (χ2v) is 6.79. The highest BCUT2D eigenvalue weighted by atomic mass is 19.1. The lowest BCUT2D eigenvalue weighted by Crippen LogP contribution is -2.15. The summed E-state index contributed by atoms with van der Waals surface area (Å²) >= 11 is 0. The number of carbonyl (C=O) groups is 2. The SMILES string of the molecule is COCCOc1ccc(NC(=O)c2ccc(C)c(NC(=O)c3ccccc3)c2)cc1F. The maximum atomic E-state index is 14.2. The van der Waals surface area contributed by atoms with Gasteiger partial charge in [0.05, 0.1) is 6.61 Å². The molecule has 0 atom stereocenters. The van der Waals surface area contributed by atoms with E-state index >= 15 is 0 Å². The maximum Gasteiger partial charge on any atom is 0.255 e. The first-order valence-electron chi connectivity index (χ1n) is 9.67. The molecule has 3 aromatic carbocycles. The van der Waals surface area contributed by atoms with E-state index in [1.807, 2.05) is 13.0 Å². The largest absolute Gasteiger partial charge is 0.488 e. The highest BCUT2D eigenvalue weighted by Gasteiger charge is 2.13. The topological polar surface area (TPSA) is 76.7 Å². The fourth-order valence-corrected chi connectivity index (χ4v) is 2.82. The van der Waals surface area contributed by atoms with Crippen molar-refractivity contribution in [2.45, 2.75) is 6.92 Å². The van der Waals surface area contributed by atoms with Crippen molar-refractivity contribution in [3.63, 3.8) is 0 Å². The van der Waals surface area contributed by atoms with Crippen molar-refractivity contribution in [1.29, 1.82) is 0 Å². The average molecular weight is 422 g/mol. The zero-order valence-corrected chi connectivity index (χ0v) is 17.3. The maximum absolute atomic E-state index is 14.2. The molecular formula is C24H23FN2O4. The molecular weight excluding hydrogens is 399 g/mol. The van der Waals surface area contributed by atoms with Gasteiger partial charge in [-0.2, -0.15) is 0 Å². The Labute approximate surface area is 180 Å². The van der Waals surface area contributed by atoms with Gasteiger partial charge in [0, 0.05) is 35.7 Å². The van der Waals surface area contributed by atoms with Crippen LogP contribution in [0.2, 0.25) is 0 Å². The molecule has 0 aromatic heterocycles. The molecule has 0 saturated carbocycles. The van der Waals surface area contributed by atoms with Crippen LogP contribution in [0.15, 0.2) is 66.7 Å². The third kappa shape index (κ3) is 5.90. The lowest BCUT2D eigenvalue weighted by molar-refractivity contribution is 0.101. The summed E-state index contributed by atoms with van der Waals surface area (Å²) in [7, 11) is 1.53. The molecule has 0 bridgehead atoms. The number of rotatable bonds is 8. The number of nitrogens with one attached hydrogen (secondary N) is 2. The van der Waals surface area contributed by atoms with Crippen molar-refractivity contribution in [1.82, 2.24) is 0 Å². The lowest BCUT2D eigenvalue weighted by Gasteiger charge is -2.12. The van der Waals surface area contributed by atoms with Crippen LogP contribution in [0.3, 0.4) is 0 Å². The quantitative estimate of drug-likeness (QED) is 0.518. The molecule has 2 N–H and O–H groups in total. The van der Waals surface area contributed by atoms with Gasteiger partial charge in [0.25, 0.3) is 11.8 Å². The number of amides is 2. The lowest BCUT2D eigenvalue weighted by atomic mass is 10.1. The zero-order chi connectivity index (χ0) is 22.2. The van der Waals surface area contributed by atoms with E-state index in [2.05, 4.69) is 10.6 Å². The molecule has 3 rings (SSSR count). The average Bonchev–Trinajstić information content (AvgIpc) is 2.77. The molecule has 0 heterocycles. The molecule has 0 fully saturated rings. The number of aryl methyl sites for hydroxylation is 1. The van der Waals surface area contributed by atoms with Crippen LogP contribution in [0.25, 0.3) is 0 Å². The predicted molar refractivity (Wildman–Crippen MR) is 117 cm³/mol. The number of hydrogen-bond donors (Lipinski definition) is 2. The smallest absolute Gasteiger partial charge is 0.255 e. The number of benzene rings is 3. The molecule has 7 heteroatoms. The fraction of sp³-hybridized carbons (Fsp3) is 0.167. The summed E-state index contributed by atoms with van der Waals surface area (Å²) < 4.78 is 24.3. The van der Waals surface area contributed by atoms with Crippen LogP contribution in [0.1, 0.15) is 26.3 Å². The molecule has 0 aliphatic carbocycles. The summed E-state index contributed by atoms with van der Waals surface area (Å²) in [4.78, 5) is 25.1. The van der Waals surface area contributed by atoms with E-state index in [4.69, 9.17) is 9.47 Å². The molecule has 0 radical (unpaired) electrons. The molecule has 0 saturated heterocycles. The van der Waals surface area contributed by atoms with E-state index < -0.39 is 11.7 Å². The number of anilines is 2. The summed E-state index contributed by atoms with van der Waals surface area (Å²) in [6.07, 6.45) is 0. The number of methoxy groups -OCH3 is 1. The van der Waals surface area contributed by atoms with Crippen LogP contribution in [0, 0.1) is 12.7 Å². The summed E-state index contributed by atoms with van der Waals surface area (Å²) in [6, 6.07) is 17.9. The van der Waals surface area contributed by atoms with E-state index in [1.54, 1.807) is 48.5 Å². The Morgan fingerprint density at radius 2 is 1.61 bits per heavy atom. The van der Waals surface area contributed by atoms with E-state index in [1.165, 1.54) is 19.2 Å². The first kappa shape index (κ1) is 22.0. The predicted octanol–water partition coefficient (Wildman–Crippen LogP) is 4.66. The monoisotopic (exact) mass is 422 g/mol. The van der Waals surface area contributed by atoms with Crippen molar-refractivity contribution in [3.8, 4) is 5.75 Å². The first-order chi connectivity index (χ1) is 15.0. The summed E-state index contributed by atoms with van der Waals surface area (Å²) in [5.41, 5.74) is 2.46. The Kier molecular flexibility index (Phi) is 7.35. The Morgan fingerprint density at radius 1 is 0.871 bits per heavy atom. The highest BCUT2D eigenvalue weighted by molar-refractivity contribution is 6.07. The third-order valence-electron chi connectivity index (χ3n) is 4.52. The Morgan fingerprint density at radius 3 is 2.32 bits per heavy atom. The van der Waals surface area contributed by atoms with Crippen molar-refractivity contribution < 1.29 is 23.5 Å². The van der Waals surface area contributed by atoms with Crippen molar-refractivity contribution in [2.24, 2.45) is 0 Å². The fourth-order valence-electron chi connectivity index (χ4n) is 2.82. The van der Waals surface area contributed by atoms with Gasteiger partial charge in [-0.15, -0.1) is 0 Å². The van der Waals surface area contributed by atoms with Gasteiger partial charge in [0.1, 0.15) is 6.61 Å². The Hall–Kier alpha value is -3.71. The van der Waals surface area contributed by atoms with Gasteiger partial charge in [-0.25, -0.2) is 4.39 Å². The van der Waals surface area contributed by atoms with Crippen LogP contribution in [0.5, 0.6) is 5.75 Å². The molecule has 0 unspecified atom stereocenters. The molecule has 160 valence electrons. The summed E-state index contributed by atoms with van der Waals surface area (Å²) in [6.45, 7) is 2.40. The van der Waals surface area contributed by atoms with E-state index in [0.717, 1.165) is 5.56 Å². The molecule has 0 aliphatic rings. The number of ether oxygens (including phenoxy) is 2. The van der Waals surface area contributed by atoms with Crippen molar-refractivity contribution in [2.75, 3.05) is 31.0 Å². The van der Waals surface area contributed by atoms with Gasteiger partial charge < -0.3 is 20.1 Å². The molecule has 0 spiro atoms. The van der Waals surface area contributed by atoms with Gasteiger partial charge >= 0.3 is 0 Å². The minimum atomic E-state index is -0.589. The Bertz CT molecular complexity index is 1070. The Balaban J connectivity index is 1.70. The van der Waals surface area contributed by atoms with Gasteiger partial charge in [0.2, 0.25) is 0 Å². The summed E-state index contributed by atoms with van der Waals surface area (Å²) in [5.74, 6) is -1.21. The molecule has 6 nitrogen and oxygen atoms in total. The molecule has 3 aromatic rings. The molecule has 0 aliphatic heterocycles. The van der Waals surface area contributed by atoms with E-state index in [9.17, 15) is 14.0 Å². The number of carbonyl (C=O) groups excluding carboxylic acids is 2. The van der Waals surface area contributed by atoms with Gasteiger partial charge in [0.15, 0.2) is 11.6 Å². The van der Waals surface area contributed by atoms with Crippen LogP contribution in [0.4, 0.5) is 15.8 Å². The minimum Gasteiger partial charge on any atom is -0.488 e. The van der Waals surface area contributed by atoms with E-state index in [0.29, 0.717) is 23.4 Å². The van der Waals surface area contributed by atoms with E-state index in [-0.39, 0.29) is 24.0 Å². The van der Waals surface area contributed by atoms with Crippen LogP contribution < -0.4 is 15.4 Å². The van der Waals surface area contributed by atoms with Crippen LogP contribution >= 0.6 is 0 Å². The normalized spacial score (nSPS) is 10.4. The highest BCUT2D eigenvalue weighted by Crippen LogP contribution is 2.23. The van der Waals surface area contributed by atoms with Gasteiger partial charge in [-0.05, 0) is 48.9 Å². The van der Waals surface area contributed by atoms with Crippen LogP contribution in [-0.2, 0) is 4.74 Å². The van der Waals surface area contributed by atoms with Crippen molar-refractivity contribution >= 4 is 23.2 Å². The van der Waals surface area contributed by atoms with Crippen molar-refractivity contribution in [3.05, 3.63) is 89.2 Å². The second kappa shape index (κ2) is 10.4. The second-order valence-electron chi connectivity index (χ2n) is 6.79. The zero-order valence-electron chi connectivity index (χ0n) is 17.3. The molecule has 2 amide bonds. The van der Waals surface area contributed by atoms with Gasteiger partial charge in [-0.1, -0.05) is 24.3 Å². The first-order valence-corrected chi connectivity index (χ1v) is 9.67. The minimum absolute atomic E-state index is 0.0799. The third-order valence-corrected chi connectivity index (χ3v) is 4.52. The van der Waals surface area contributed by atoms with Crippen LogP contribution in [-0.4, -0.2) is 32.1 Å².